The highest BCUT2D eigenvalue weighted by Crippen LogP contribution is 2.48. The molecular weight excluding hydrogens is 310 g/mol. The Bertz CT molecular complexity index is 723. The maximum absolute atomic E-state index is 12.8. The molecule has 1 aromatic rings. The van der Waals surface area contributed by atoms with Gasteiger partial charge in [0.1, 0.15) is 5.78 Å². The van der Waals surface area contributed by atoms with E-state index >= 15 is 0 Å². The zero-order chi connectivity index (χ0) is 16.7. The number of aryl methyl sites for hydroxylation is 1. The van der Waals surface area contributed by atoms with Crippen molar-refractivity contribution in [3.05, 3.63) is 42.5 Å². The zero-order valence-electron chi connectivity index (χ0n) is 13.5. The van der Waals surface area contributed by atoms with Gasteiger partial charge in [0.2, 0.25) is 10.0 Å². The first-order valence-corrected chi connectivity index (χ1v) is 9.51. The van der Waals surface area contributed by atoms with Crippen molar-refractivity contribution in [2.75, 3.05) is 13.1 Å². The topological polar surface area (TPSA) is 54.5 Å². The minimum absolute atomic E-state index is 0.0227. The maximum Gasteiger partial charge on any atom is 0.243 e. The van der Waals surface area contributed by atoms with E-state index in [0.29, 0.717) is 30.8 Å². The van der Waals surface area contributed by atoms with Gasteiger partial charge in [-0.25, -0.2) is 8.42 Å². The monoisotopic (exact) mass is 333 g/mol. The summed E-state index contributed by atoms with van der Waals surface area (Å²) in [5.41, 5.74) is 0.873. The van der Waals surface area contributed by atoms with Gasteiger partial charge >= 0.3 is 0 Å². The number of nitrogens with zero attached hydrogens (tertiary/aromatic N) is 1. The molecule has 0 bridgehead atoms. The van der Waals surface area contributed by atoms with Crippen LogP contribution in [0.5, 0.6) is 0 Å². The Kier molecular flexibility index (Phi) is 4.19. The number of rotatable bonds is 4. The minimum Gasteiger partial charge on any atom is -0.299 e. The Morgan fingerprint density at radius 2 is 2.04 bits per heavy atom. The van der Waals surface area contributed by atoms with Crippen LogP contribution in [0.15, 0.2) is 41.8 Å². The molecular formula is C18H23NO3S. The number of sulfonamides is 1. The fraction of sp³-hybridized carbons (Fsp3) is 0.500. The van der Waals surface area contributed by atoms with Gasteiger partial charge in [0.25, 0.3) is 0 Å². The largest absolute Gasteiger partial charge is 0.299 e. The van der Waals surface area contributed by atoms with E-state index in [0.717, 1.165) is 18.4 Å². The summed E-state index contributed by atoms with van der Waals surface area (Å²) in [6, 6.07) is 6.96. The number of hydrogen-bond acceptors (Lipinski definition) is 3. The fourth-order valence-electron chi connectivity index (χ4n) is 3.91. The van der Waals surface area contributed by atoms with Crippen molar-refractivity contribution in [3.63, 3.8) is 0 Å². The average molecular weight is 333 g/mol. The van der Waals surface area contributed by atoms with Crippen molar-refractivity contribution < 1.29 is 13.2 Å². The second kappa shape index (κ2) is 5.87. The van der Waals surface area contributed by atoms with Crippen LogP contribution in [0.1, 0.15) is 31.2 Å². The highest BCUT2D eigenvalue weighted by molar-refractivity contribution is 7.89. The van der Waals surface area contributed by atoms with Crippen molar-refractivity contribution in [2.24, 2.45) is 11.3 Å². The molecule has 1 saturated heterocycles. The number of allylic oxidation sites excluding steroid dienone is 1. The van der Waals surface area contributed by atoms with E-state index in [9.17, 15) is 13.2 Å². The number of carbonyl (C=O) groups is 1. The van der Waals surface area contributed by atoms with Crippen LogP contribution in [0.4, 0.5) is 0 Å². The van der Waals surface area contributed by atoms with Crippen LogP contribution in [0, 0.1) is 18.3 Å². The summed E-state index contributed by atoms with van der Waals surface area (Å²) in [6.45, 7) is 6.62. The first-order chi connectivity index (χ1) is 10.9. The molecule has 1 saturated carbocycles. The first kappa shape index (κ1) is 16.4. The van der Waals surface area contributed by atoms with Crippen LogP contribution in [0.2, 0.25) is 0 Å². The molecule has 1 aliphatic carbocycles. The highest BCUT2D eigenvalue weighted by atomic mass is 32.2. The predicted octanol–water partition coefficient (Wildman–Crippen LogP) is 2.93. The maximum atomic E-state index is 12.8. The highest BCUT2D eigenvalue weighted by Gasteiger charge is 2.50. The Morgan fingerprint density at radius 3 is 2.70 bits per heavy atom. The summed E-state index contributed by atoms with van der Waals surface area (Å²) in [5.74, 6) is 0.286. The van der Waals surface area contributed by atoms with Crippen molar-refractivity contribution in [3.8, 4) is 0 Å². The predicted molar refractivity (Wildman–Crippen MR) is 89.5 cm³/mol. The lowest BCUT2D eigenvalue weighted by molar-refractivity contribution is -0.120. The third-order valence-electron chi connectivity index (χ3n) is 5.20. The van der Waals surface area contributed by atoms with Gasteiger partial charge in [-0.1, -0.05) is 23.8 Å². The van der Waals surface area contributed by atoms with Crippen LogP contribution >= 0.6 is 0 Å². The summed E-state index contributed by atoms with van der Waals surface area (Å²) in [5, 5.41) is 0. The number of benzene rings is 1. The number of carbonyl (C=O) groups excluding carboxylic acids is 1. The smallest absolute Gasteiger partial charge is 0.243 e. The third-order valence-corrected chi connectivity index (χ3v) is 7.06. The second-order valence-electron chi connectivity index (χ2n) is 6.97. The molecule has 4 nitrogen and oxygen atoms in total. The van der Waals surface area contributed by atoms with Gasteiger partial charge in [-0.3, -0.25) is 4.79 Å². The van der Waals surface area contributed by atoms with E-state index in [1.807, 2.05) is 19.1 Å². The Morgan fingerprint density at radius 1 is 1.35 bits per heavy atom. The van der Waals surface area contributed by atoms with Gasteiger partial charge in [0.05, 0.1) is 4.90 Å². The summed E-state index contributed by atoms with van der Waals surface area (Å²) in [6.07, 6.45) is 4.56. The zero-order valence-corrected chi connectivity index (χ0v) is 14.3. The lowest BCUT2D eigenvalue weighted by Crippen LogP contribution is -2.31. The molecule has 2 unspecified atom stereocenters. The van der Waals surface area contributed by atoms with E-state index in [-0.39, 0.29) is 17.1 Å². The Balaban J connectivity index is 1.78. The molecule has 0 N–H and O–H groups in total. The van der Waals surface area contributed by atoms with Gasteiger partial charge in [0, 0.05) is 25.4 Å². The minimum atomic E-state index is -3.46. The molecule has 0 amide bonds. The molecule has 23 heavy (non-hydrogen) atoms. The van der Waals surface area contributed by atoms with Gasteiger partial charge in [-0.2, -0.15) is 4.31 Å². The van der Waals surface area contributed by atoms with Crippen molar-refractivity contribution >= 4 is 15.8 Å². The quantitative estimate of drug-likeness (QED) is 0.796. The van der Waals surface area contributed by atoms with Crippen LogP contribution in [-0.2, 0) is 14.8 Å². The Labute approximate surface area is 138 Å². The molecule has 1 spiro atoms. The number of hydrogen-bond donors (Lipinski definition) is 0. The van der Waals surface area contributed by atoms with Crippen molar-refractivity contribution in [2.45, 2.75) is 37.5 Å². The fourth-order valence-corrected chi connectivity index (χ4v) is 5.46. The number of ketones is 1. The third kappa shape index (κ3) is 3.00. The first-order valence-electron chi connectivity index (χ1n) is 8.07. The van der Waals surface area contributed by atoms with E-state index in [4.69, 9.17) is 0 Å². The molecule has 1 heterocycles. The summed E-state index contributed by atoms with van der Waals surface area (Å²) >= 11 is 0. The molecule has 1 aliphatic heterocycles. The van der Waals surface area contributed by atoms with Gasteiger partial charge in [0.15, 0.2) is 0 Å². The molecule has 3 rings (SSSR count). The standard InChI is InChI=1S/C18H23NO3S/c1-3-4-15-11-18(12-17(15)20)9-10-19(13-18)23(21,22)16-7-5-14(2)6-8-16/h3,5-8,15H,1,4,9-13H2,2H3. The molecule has 1 aromatic carbocycles. The molecule has 2 atom stereocenters. The molecule has 0 radical (unpaired) electrons. The van der Waals surface area contributed by atoms with Crippen molar-refractivity contribution in [1.29, 1.82) is 0 Å². The van der Waals surface area contributed by atoms with E-state index in [2.05, 4.69) is 6.58 Å². The molecule has 5 heteroatoms. The summed E-state index contributed by atoms with van der Waals surface area (Å²) in [4.78, 5) is 12.5. The van der Waals surface area contributed by atoms with Crippen molar-refractivity contribution in [1.82, 2.24) is 4.31 Å². The van der Waals surface area contributed by atoms with Crippen LogP contribution in [-0.4, -0.2) is 31.6 Å². The van der Waals surface area contributed by atoms with Crippen LogP contribution in [0.25, 0.3) is 0 Å². The molecule has 2 fully saturated rings. The molecule has 2 aliphatic rings. The van der Waals surface area contributed by atoms with E-state index in [1.54, 1.807) is 22.5 Å². The van der Waals surface area contributed by atoms with Crippen LogP contribution < -0.4 is 0 Å². The lowest BCUT2D eigenvalue weighted by atomic mass is 9.84. The molecule has 124 valence electrons. The lowest BCUT2D eigenvalue weighted by Gasteiger charge is -2.23. The van der Waals surface area contributed by atoms with Gasteiger partial charge in [-0.15, -0.1) is 6.58 Å². The molecule has 0 aromatic heterocycles. The summed E-state index contributed by atoms with van der Waals surface area (Å²) < 4.78 is 27.2. The van der Waals surface area contributed by atoms with Crippen LogP contribution in [0.3, 0.4) is 0 Å². The van der Waals surface area contributed by atoms with E-state index < -0.39 is 10.0 Å². The Hall–Kier alpha value is -1.46. The van der Waals surface area contributed by atoms with E-state index in [1.165, 1.54) is 0 Å². The average Bonchev–Trinajstić information content (AvgIpc) is 3.05. The number of Topliss-reactive ketones (excluding diaryl/α,β-unsaturated/α-hetero) is 1. The van der Waals surface area contributed by atoms with Gasteiger partial charge in [-0.05, 0) is 43.7 Å². The second-order valence-corrected chi connectivity index (χ2v) is 8.91. The normalized spacial score (nSPS) is 28.6. The summed E-state index contributed by atoms with van der Waals surface area (Å²) in [7, 11) is -3.46. The SMILES string of the molecule is C=CCC1CC2(CCN(S(=O)(=O)c3ccc(C)cc3)C2)CC1=O. The van der Waals surface area contributed by atoms with Gasteiger partial charge < -0.3 is 0 Å².